The number of benzene rings is 2. The highest BCUT2D eigenvalue weighted by Crippen LogP contribution is 2.18. The van der Waals surface area contributed by atoms with E-state index in [1.165, 1.54) is 0 Å². The maximum Gasteiger partial charge on any atom is 0.224 e. The van der Waals surface area contributed by atoms with E-state index in [0.29, 0.717) is 6.42 Å². The van der Waals surface area contributed by atoms with Crippen molar-refractivity contribution < 1.29 is 9.53 Å². The molecule has 0 aliphatic rings. The molecule has 1 N–H and O–H groups in total. The Morgan fingerprint density at radius 1 is 1.15 bits per heavy atom. The van der Waals surface area contributed by atoms with Gasteiger partial charge in [0, 0.05) is 0 Å². The van der Waals surface area contributed by atoms with Gasteiger partial charge in [-0.3, -0.25) is 4.79 Å². The van der Waals surface area contributed by atoms with E-state index >= 15 is 0 Å². The van der Waals surface area contributed by atoms with Gasteiger partial charge in [-0.05, 0) is 30.2 Å². The van der Waals surface area contributed by atoms with E-state index in [-0.39, 0.29) is 11.9 Å². The number of carbonyl (C=O) groups is 1. The highest BCUT2D eigenvalue weighted by molar-refractivity contribution is 5.79. The van der Waals surface area contributed by atoms with Gasteiger partial charge in [0.1, 0.15) is 5.75 Å². The Hall–Kier alpha value is -2.29. The molecule has 0 aliphatic heterocycles. The zero-order valence-corrected chi connectivity index (χ0v) is 11.8. The average Bonchev–Trinajstić information content (AvgIpc) is 2.48. The largest absolute Gasteiger partial charge is 0.497 e. The van der Waals surface area contributed by atoms with E-state index in [2.05, 4.69) is 5.32 Å². The van der Waals surface area contributed by atoms with Crippen LogP contribution in [0.25, 0.3) is 0 Å². The fourth-order valence-corrected chi connectivity index (χ4v) is 2.07. The van der Waals surface area contributed by atoms with Crippen LogP contribution in [-0.4, -0.2) is 13.0 Å². The van der Waals surface area contributed by atoms with Gasteiger partial charge in [-0.2, -0.15) is 0 Å². The SMILES string of the molecule is COc1cccc([C@@H](C)NC(=O)Cc2ccccc2)c1. The summed E-state index contributed by atoms with van der Waals surface area (Å²) in [5, 5.41) is 3.00. The van der Waals surface area contributed by atoms with Gasteiger partial charge >= 0.3 is 0 Å². The van der Waals surface area contributed by atoms with Crippen molar-refractivity contribution >= 4 is 5.91 Å². The number of rotatable bonds is 5. The van der Waals surface area contributed by atoms with E-state index in [1.807, 2.05) is 61.5 Å². The molecule has 104 valence electrons. The number of amides is 1. The van der Waals surface area contributed by atoms with Crippen LogP contribution >= 0.6 is 0 Å². The molecule has 3 nitrogen and oxygen atoms in total. The standard InChI is InChI=1S/C17H19NO2/c1-13(15-9-6-10-16(12-15)20-2)18-17(19)11-14-7-4-3-5-8-14/h3-10,12-13H,11H2,1-2H3,(H,18,19)/t13-/m1/s1. The maximum atomic E-state index is 12.0. The minimum Gasteiger partial charge on any atom is -0.497 e. The zero-order valence-electron chi connectivity index (χ0n) is 11.8. The first-order valence-corrected chi connectivity index (χ1v) is 6.66. The summed E-state index contributed by atoms with van der Waals surface area (Å²) in [7, 11) is 1.64. The minimum absolute atomic E-state index is 0.0199. The first kappa shape index (κ1) is 14.1. The molecular weight excluding hydrogens is 250 g/mol. The van der Waals surface area contributed by atoms with Gasteiger partial charge in [0.05, 0.1) is 19.6 Å². The molecule has 2 rings (SSSR count). The van der Waals surface area contributed by atoms with Crippen LogP contribution in [0.5, 0.6) is 5.75 Å². The van der Waals surface area contributed by atoms with E-state index in [1.54, 1.807) is 7.11 Å². The van der Waals surface area contributed by atoms with Crippen LogP contribution in [0.15, 0.2) is 54.6 Å². The van der Waals surface area contributed by atoms with Crippen molar-refractivity contribution in [2.24, 2.45) is 0 Å². The Morgan fingerprint density at radius 2 is 1.90 bits per heavy atom. The Labute approximate surface area is 119 Å². The first-order chi connectivity index (χ1) is 9.69. The van der Waals surface area contributed by atoms with Gasteiger partial charge in [-0.1, -0.05) is 42.5 Å². The second kappa shape index (κ2) is 6.75. The topological polar surface area (TPSA) is 38.3 Å². The molecule has 0 saturated heterocycles. The second-order valence-electron chi connectivity index (χ2n) is 4.73. The van der Waals surface area contributed by atoms with Crippen molar-refractivity contribution in [3.05, 3.63) is 65.7 Å². The molecular formula is C17H19NO2. The monoisotopic (exact) mass is 269 g/mol. The molecule has 0 bridgehead atoms. The summed E-state index contributed by atoms with van der Waals surface area (Å²) in [5.41, 5.74) is 2.05. The Kier molecular flexibility index (Phi) is 4.77. The van der Waals surface area contributed by atoms with E-state index in [4.69, 9.17) is 4.74 Å². The van der Waals surface area contributed by atoms with Crippen molar-refractivity contribution in [3.8, 4) is 5.75 Å². The molecule has 0 fully saturated rings. The van der Waals surface area contributed by atoms with Crippen LogP contribution in [0.2, 0.25) is 0 Å². The summed E-state index contributed by atoms with van der Waals surface area (Å²) < 4.78 is 5.19. The maximum absolute atomic E-state index is 12.0. The van der Waals surface area contributed by atoms with Crippen LogP contribution in [0.3, 0.4) is 0 Å². The first-order valence-electron chi connectivity index (χ1n) is 6.66. The fraction of sp³-hybridized carbons (Fsp3) is 0.235. The lowest BCUT2D eigenvalue weighted by atomic mass is 10.1. The highest BCUT2D eigenvalue weighted by Gasteiger charge is 2.10. The predicted molar refractivity (Wildman–Crippen MR) is 79.7 cm³/mol. The number of hydrogen-bond donors (Lipinski definition) is 1. The van der Waals surface area contributed by atoms with Crippen LogP contribution in [0.1, 0.15) is 24.1 Å². The molecule has 1 amide bonds. The van der Waals surface area contributed by atoms with Crippen molar-refractivity contribution in [2.45, 2.75) is 19.4 Å². The molecule has 0 aliphatic carbocycles. The smallest absolute Gasteiger partial charge is 0.224 e. The van der Waals surface area contributed by atoms with Gasteiger partial charge in [0.15, 0.2) is 0 Å². The number of hydrogen-bond acceptors (Lipinski definition) is 2. The second-order valence-corrected chi connectivity index (χ2v) is 4.73. The molecule has 0 unspecified atom stereocenters. The zero-order chi connectivity index (χ0) is 14.4. The lowest BCUT2D eigenvalue weighted by Gasteiger charge is -2.15. The third-order valence-electron chi connectivity index (χ3n) is 3.18. The lowest BCUT2D eigenvalue weighted by Crippen LogP contribution is -2.28. The number of methoxy groups -OCH3 is 1. The molecule has 2 aromatic carbocycles. The van der Waals surface area contributed by atoms with Crippen LogP contribution < -0.4 is 10.1 Å². The number of carbonyl (C=O) groups excluding carboxylic acids is 1. The summed E-state index contributed by atoms with van der Waals surface area (Å²) in [4.78, 5) is 12.0. The Balaban J connectivity index is 1.96. The number of nitrogens with one attached hydrogen (secondary N) is 1. The summed E-state index contributed by atoms with van der Waals surface area (Å²) in [5.74, 6) is 0.818. The van der Waals surface area contributed by atoms with Gasteiger partial charge in [0.25, 0.3) is 0 Å². The van der Waals surface area contributed by atoms with Crippen LogP contribution in [0.4, 0.5) is 0 Å². The molecule has 2 aromatic rings. The predicted octanol–water partition coefficient (Wildman–Crippen LogP) is 3.12. The van der Waals surface area contributed by atoms with Gasteiger partial charge in [-0.15, -0.1) is 0 Å². The minimum atomic E-state index is -0.0405. The van der Waals surface area contributed by atoms with E-state index in [9.17, 15) is 4.79 Å². The third-order valence-corrected chi connectivity index (χ3v) is 3.18. The Bertz CT molecular complexity index is 566. The molecule has 0 radical (unpaired) electrons. The van der Waals surface area contributed by atoms with Gasteiger partial charge in [0.2, 0.25) is 5.91 Å². The average molecular weight is 269 g/mol. The lowest BCUT2D eigenvalue weighted by molar-refractivity contribution is -0.121. The van der Waals surface area contributed by atoms with E-state index < -0.39 is 0 Å². The molecule has 1 atom stereocenters. The molecule has 0 heterocycles. The van der Waals surface area contributed by atoms with Crippen molar-refractivity contribution in [3.63, 3.8) is 0 Å². The van der Waals surface area contributed by atoms with E-state index in [0.717, 1.165) is 16.9 Å². The molecule has 3 heteroatoms. The van der Waals surface area contributed by atoms with Gasteiger partial charge in [-0.25, -0.2) is 0 Å². The summed E-state index contributed by atoms with van der Waals surface area (Å²) in [6.07, 6.45) is 0.398. The third kappa shape index (κ3) is 3.85. The Morgan fingerprint density at radius 3 is 2.60 bits per heavy atom. The van der Waals surface area contributed by atoms with Gasteiger partial charge < -0.3 is 10.1 Å². The summed E-state index contributed by atoms with van der Waals surface area (Å²) >= 11 is 0. The van der Waals surface area contributed by atoms with Crippen LogP contribution in [-0.2, 0) is 11.2 Å². The van der Waals surface area contributed by atoms with Crippen molar-refractivity contribution in [1.82, 2.24) is 5.32 Å². The molecule has 20 heavy (non-hydrogen) atoms. The molecule has 0 saturated carbocycles. The fourth-order valence-electron chi connectivity index (χ4n) is 2.07. The number of ether oxygens (including phenoxy) is 1. The summed E-state index contributed by atoms with van der Waals surface area (Å²) in [6.45, 7) is 1.97. The summed E-state index contributed by atoms with van der Waals surface area (Å²) in [6, 6.07) is 17.4. The molecule has 0 aromatic heterocycles. The highest BCUT2D eigenvalue weighted by atomic mass is 16.5. The molecule has 0 spiro atoms. The normalized spacial score (nSPS) is 11.7. The van der Waals surface area contributed by atoms with Crippen molar-refractivity contribution in [1.29, 1.82) is 0 Å². The quantitative estimate of drug-likeness (QED) is 0.905. The van der Waals surface area contributed by atoms with Crippen molar-refractivity contribution in [2.75, 3.05) is 7.11 Å². The van der Waals surface area contributed by atoms with Crippen LogP contribution in [0, 0.1) is 0 Å².